The van der Waals surface area contributed by atoms with Gasteiger partial charge in [0, 0.05) is 62.9 Å². The van der Waals surface area contributed by atoms with Gasteiger partial charge in [-0.3, -0.25) is 19.3 Å². The highest BCUT2D eigenvalue weighted by Crippen LogP contribution is 2.28. The summed E-state index contributed by atoms with van der Waals surface area (Å²) in [6, 6.07) is 8.17. The zero-order chi connectivity index (χ0) is 23.3. The molecule has 1 amide bonds. The van der Waals surface area contributed by atoms with Gasteiger partial charge in [-0.05, 0) is 49.5 Å². The van der Waals surface area contributed by atoms with Crippen LogP contribution in [0.15, 0.2) is 24.3 Å². The summed E-state index contributed by atoms with van der Waals surface area (Å²) in [5, 5.41) is 17.6. The highest BCUT2D eigenvalue weighted by molar-refractivity contribution is 6.30. The number of halogens is 1. The van der Waals surface area contributed by atoms with E-state index in [1.165, 1.54) is 18.7 Å². The van der Waals surface area contributed by atoms with E-state index < -0.39 is 0 Å². The lowest BCUT2D eigenvalue weighted by Gasteiger charge is -2.36. The Morgan fingerprint density at radius 2 is 1.62 bits per heavy atom. The minimum atomic E-state index is -0.250. The number of fused-ring (bicyclic) bond motifs is 1. The fourth-order valence-corrected chi connectivity index (χ4v) is 4.84. The summed E-state index contributed by atoms with van der Waals surface area (Å²) in [6.07, 6.45) is 1.95. The molecule has 0 bridgehead atoms. The number of piperidine rings is 1. The van der Waals surface area contributed by atoms with E-state index in [-0.39, 0.29) is 18.9 Å². The van der Waals surface area contributed by atoms with E-state index in [1.54, 1.807) is 0 Å². The first-order valence-corrected chi connectivity index (χ1v) is 11.3. The van der Waals surface area contributed by atoms with Crippen LogP contribution in [0.4, 0.5) is 5.69 Å². The molecule has 0 unspecified atom stereocenters. The van der Waals surface area contributed by atoms with Gasteiger partial charge in [0.05, 0.1) is 0 Å². The Kier molecular flexibility index (Phi) is 11.3. The number of benzene rings is 1. The molecule has 1 aromatic carbocycles. The first-order chi connectivity index (χ1) is 15.5. The third-order valence-corrected chi connectivity index (χ3v) is 6.39. The largest absolute Gasteiger partial charge is 0.483 e. The van der Waals surface area contributed by atoms with Crippen molar-refractivity contribution in [3.8, 4) is 0 Å². The predicted octanol–water partition coefficient (Wildman–Crippen LogP) is 1.32. The van der Waals surface area contributed by atoms with Crippen molar-refractivity contribution in [3.63, 3.8) is 0 Å². The molecule has 178 valence electrons. The van der Waals surface area contributed by atoms with Gasteiger partial charge in [-0.15, -0.1) is 0 Å². The number of amides is 1. The molecule has 3 fully saturated rings. The lowest BCUT2D eigenvalue weighted by molar-refractivity contribution is -0.124. The lowest BCUT2D eigenvalue weighted by atomic mass is 9.89. The topological polar surface area (TPSA) is 113 Å². The number of carbonyl (C=O) groups excluding carboxylic acids is 1. The van der Waals surface area contributed by atoms with E-state index in [0.717, 1.165) is 63.8 Å². The Morgan fingerprint density at radius 1 is 1.00 bits per heavy atom. The number of piperazine rings is 1. The fraction of sp³-hybridized carbons (Fsp3) is 0.591. The first kappa shape index (κ1) is 25.9. The van der Waals surface area contributed by atoms with Crippen LogP contribution in [0.1, 0.15) is 12.8 Å². The van der Waals surface area contributed by atoms with Crippen molar-refractivity contribution in [2.24, 2.45) is 11.8 Å². The molecule has 3 aliphatic heterocycles. The van der Waals surface area contributed by atoms with Crippen molar-refractivity contribution in [1.82, 2.24) is 15.1 Å². The van der Waals surface area contributed by atoms with Crippen LogP contribution in [0, 0.1) is 11.8 Å². The molecule has 4 rings (SSSR count). The molecule has 0 saturated carbocycles. The summed E-state index contributed by atoms with van der Waals surface area (Å²) in [5.74, 6) is 1.50. The summed E-state index contributed by atoms with van der Waals surface area (Å²) in [4.78, 5) is 35.8. The normalized spacial score (nSPS) is 23.0. The van der Waals surface area contributed by atoms with E-state index in [9.17, 15) is 4.79 Å². The average Bonchev–Trinajstić information content (AvgIpc) is 3.17. The molecule has 9 nitrogen and oxygen atoms in total. The second kappa shape index (κ2) is 13.9. The van der Waals surface area contributed by atoms with Crippen molar-refractivity contribution < 1.29 is 24.6 Å². The summed E-state index contributed by atoms with van der Waals surface area (Å²) >= 11 is 6.11. The molecule has 0 radical (unpaired) electrons. The van der Waals surface area contributed by atoms with Crippen LogP contribution in [0.3, 0.4) is 0 Å². The van der Waals surface area contributed by atoms with Gasteiger partial charge in [-0.25, -0.2) is 0 Å². The summed E-state index contributed by atoms with van der Waals surface area (Å²) in [6.45, 7) is 9.37. The zero-order valence-electron chi connectivity index (χ0n) is 18.2. The first-order valence-electron chi connectivity index (χ1n) is 10.9. The van der Waals surface area contributed by atoms with Crippen LogP contribution in [-0.2, 0) is 14.4 Å². The van der Waals surface area contributed by atoms with Gasteiger partial charge in [0.25, 0.3) is 12.9 Å². The maximum absolute atomic E-state index is 11.5. The van der Waals surface area contributed by atoms with Crippen LogP contribution in [-0.4, -0.2) is 97.8 Å². The van der Waals surface area contributed by atoms with Gasteiger partial charge in [-0.1, -0.05) is 17.7 Å². The molecule has 32 heavy (non-hydrogen) atoms. The maximum atomic E-state index is 11.5. The molecule has 3 saturated heterocycles. The second-order valence-electron chi connectivity index (χ2n) is 8.16. The number of hydrogen-bond donors (Lipinski definition) is 3. The Bertz CT molecular complexity index is 724. The molecule has 0 aromatic heterocycles. The SMILES string of the molecule is O=C1C[C@@H]2CN(CCCN3CCN(c4cccc(Cl)c4)CC3)C[C@@H]2CN1.O=CO.O=CO. The van der Waals surface area contributed by atoms with E-state index in [0.29, 0.717) is 11.8 Å². The van der Waals surface area contributed by atoms with E-state index in [4.69, 9.17) is 31.4 Å². The monoisotopic (exact) mass is 468 g/mol. The van der Waals surface area contributed by atoms with Crippen molar-refractivity contribution in [2.45, 2.75) is 12.8 Å². The number of anilines is 1. The smallest absolute Gasteiger partial charge is 0.290 e. The summed E-state index contributed by atoms with van der Waals surface area (Å²) in [5.41, 5.74) is 1.24. The van der Waals surface area contributed by atoms with Gasteiger partial charge in [-0.2, -0.15) is 0 Å². The molecule has 3 aliphatic rings. The van der Waals surface area contributed by atoms with Gasteiger partial charge < -0.3 is 25.3 Å². The Labute approximate surface area is 193 Å². The average molecular weight is 469 g/mol. The molecule has 1 aromatic rings. The Morgan fingerprint density at radius 3 is 2.28 bits per heavy atom. The highest BCUT2D eigenvalue weighted by Gasteiger charge is 2.36. The standard InChI is InChI=1S/C20H29ClN4O.2CH2O2/c21-18-3-1-4-19(12-18)25-9-7-23(8-10-25)5-2-6-24-14-16-11-20(26)22-13-17(16)15-24;2*2-1-3/h1,3-4,12,16-17H,2,5-11,13-15H2,(H,22,26);2*1H,(H,2,3)/t16-,17+;;/m1../s1. The number of likely N-dealkylation sites (tertiary alicyclic amines) is 1. The Balaban J connectivity index is 0.000000547. The van der Waals surface area contributed by atoms with Gasteiger partial charge in [0.1, 0.15) is 0 Å². The molecular weight excluding hydrogens is 436 g/mol. The molecule has 0 aliphatic carbocycles. The zero-order valence-corrected chi connectivity index (χ0v) is 19.0. The molecule has 2 atom stereocenters. The van der Waals surface area contributed by atoms with Crippen molar-refractivity contribution in [2.75, 3.05) is 63.8 Å². The number of nitrogens with zero attached hydrogens (tertiary/aromatic N) is 3. The van der Waals surface area contributed by atoms with E-state index in [2.05, 4.69) is 32.1 Å². The second-order valence-corrected chi connectivity index (χ2v) is 8.60. The molecular formula is C22H33ClN4O5. The van der Waals surface area contributed by atoms with Crippen LogP contribution < -0.4 is 10.2 Å². The Hall–Kier alpha value is -2.36. The van der Waals surface area contributed by atoms with Crippen LogP contribution in [0.2, 0.25) is 5.02 Å². The number of carboxylic acid groups (broad SMARTS) is 2. The molecule has 0 spiro atoms. The van der Waals surface area contributed by atoms with Crippen LogP contribution >= 0.6 is 11.6 Å². The third kappa shape index (κ3) is 8.29. The molecule has 3 heterocycles. The number of rotatable bonds is 5. The third-order valence-electron chi connectivity index (χ3n) is 6.16. The fourth-order valence-electron chi connectivity index (χ4n) is 4.66. The van der Waals surface area contributed by atoms with Gasteiger partial charge >= 0.3 is 0 Å². The minimum absolute atomic E-state index is 0.241. The quantitative estimate of drug-likeness (QED) is 0.554. The van der Waals surface area contributed by atoms with Gasteiger partial charge in [0.2, 0.25) is 5.91 Å². The number of nitrogens with one attached hydrogen (secondary N) is 1. The highest BCUT2D eigenvalue weighted by atomic mass is 35.5. The number of carbonyl (C=O) groups is 3. The molecule has 10 heteroatoms. The molecule has 3 N–H and O–H groups in total. The van der Waals surface area contributed by atoms with Crippen molar-refractivity contribution >= 4 is 36.1 Å². The maximum Gasteiger partial charge on any atom is 0.290 e. The van der Waals surface area contributed by atoms with Crippen LogP contribution in [0.5, 0.6) is 0 Å². The minimum Gasteiger partial charge on any atom is -0.483 e. The predicted molar refractivity (Wildman–Crippen MR) is 123 cm³/mol. The van der Waals surface area contributed by atoms with Gasteiger partial charge in [0.15, 0.2) is 0 Å². The van der Waals surface area contributed by atoms with E-state index in [1.807, 2.05) is 12.1 Å². The van der Waals surface area contributed by atoms with Crippen molar-refractivity contribution in [3.05, 3.63) is 29.3 Å². The number of hydrogen-bond acceptors (Lipinski definition) is 6. The summed E-state index contributed by atoms with van der Waals surface area (Å²) < 4.78 is 0. The van der Waals surface area contributed by atoms with Crippen LogP contribution in [0.25, 0.3) is 0 Å². The lowest BCUT2D eigenvalue weighted by Crippen LogP contribution is -2.47. The van der Waals surface area contributed by atoms with E-state index >= 15 is 0 Å². The van der Waals surface area contributed by atoms with Crippen molar-refractivity contribution in [1.29, 1.82) is 0 Å². The summed E-state index contributed by atoms with van der Waals surface area (Å²) in [7, 11) is 0.